The van der Waals surface area contributed by atoms with Gasteiger partial charge in [-0.25, -0.2) is 13.5 Å². The van der Waals surface area contributed by atoms with Crippen LogP contribution >= 0.6 is 7.82 Å². The number of phosphoric ester groups is 1. The second-order valence-electron chi connectivity index (χ2n) is 7.66. The third-order valence-corrected chi connectivity index (χ3v) is 4.99. The minimum Gasteiger partial charge on any atom is -0.403 e. The van der Waals surface area contributed by atoms with Gasteiger partial charge in [-0.05, 0) is 22.5 Å². The highest BCUT2D eigenvalue weighted by Gasteiger charge is 2.40. The molecule has 0 radical (unpaired) electrons. The average Bonchev–Trinajstić information content (AvgIpc) is 2.35. The third kappa shape index (κ3) is 3.61. The van der Waals surface area contributed by atoms with E-state index in [1.165, 1.54) is 0 Å². The summed E-state index contributed by atoms with van der Waals surface area (Å²) in [6, 6.07) is 1.75. The van der Waals surface area contributed by atoms with E-state index in [1.54, 1.807) is 6.07 Å². The zero-order valence-electron chi connectivity index (χ0n) is 14.4. The van der Waals surface area contributed by atoms with Gasteiger partial charge >= 0.3 is 7.82 Å². The molecular formula is C16H24FO5P. The van der Waals surface area contributed by atoms with Gasteiger partial charge in [0.1, 0.15) is 11.6 Å². The van der Waals surface area contributed by atoms with Gasteiger partial charge in [-0.2, -0.15) is 0 Å². The molecule has 1 aliphatic heterocycles. The fraction of sp³-hybridized carbons (Fsp3) is 0.625. The van der Waals surface area contributed by atoms with E-state index in [0.717, 1.165) is 5.56 Å². The van der Waals surface area contributed by atoms with E-state index in [1.807, 2.05) is 41.5 Å². The number of phosphoric acid groups is 1. The first-order valence-corrected chi connectivity index (χ1v) is 8.91. The van der Waals surface area contributed by atoms with Gasteiger partial charge in [0, 0.05) is 5.56 Å². The zero-order valence-corrected chi connectivity index (χ0v) is 15.3. The first kappa shape index (κ1) is 18.4. The molecule has 0 aromatic heterocycles. The van der Waals surface area contributed by atoms with Crippen molar-refractivity contribution in [2.45, 2.75) is 59.0 Å². The van der Waals surface area contributed by atoms with Crippen LogP contribution < -0.4 is 4.52 Å². The minimum absolute atomic E-state index is 0.186. The van der Waals surface area contributed by atoms with Gasteiger partial charge in [0.2, 0.25) is 0 Å². The predicted molar refractivity (Wildman–Crippen MR) is 85.0 cm³/mol. The summed E-state index contributed by atoms with van der Waals surface area (Å²) in [4.78, 5) is 0. The largest absolute Gasteiger partial charge is 0.532 e. The summed E-state index contributed by atoms with van der Waals surface area (Å²) in [5, 5.41) is 8.84. The molecule has 0 aliphatic carbocycles. The maximum atomic E-state index is 14.9. The summed E-state index contributed by atoms with van der Waals surface area (Å²) in [6.45, 7) is 10.6. The number of hydrogen-bond donors (Lipinski definition) is 1. The molecule has 0 saturated heterocycles. The molecule has 5 nitrogen and oxygen atoms in total. The molecule has 1 atom stereocenters. The summed E-state index contributed by atoms with van der Waals surface area (Å²) in [6.07, 6.45) is 0. The molecule has 1 N–H and O–H groups in total. The first-order chi connectivity index (χ1) is 10.4. The monoisotopic (exact) mass is 346 g/mol. The van der Waals surface area contributed by atoms with Crippen molar-refractivity contribution >= 4 is 7.82 Å². The molecule has 1 aliphatic rings. The zero-order chi connectivity index (χ0) is 17.6. The van der Waals surface area contributed by atoms with Gasteiger partial charge in [-0.15, -0.1) is 0 Å². The van der Waals surface area contributed by atoms with Crippen LogP contribution in [0.4, 0.5) is 4.39 Å². The van der Waals surface area contributed by atoms with Crippen LogP contribution in [0.1, 0.15) is 58.2 Å². The molecule has 0 saturated carbocycles. The maximum Gasteiger partial charge on any atom is 0.532 e. The van der Waals surface area contributed by atoms with Crippen molar-refractivity contribution in [3.63, 3.8) is 0 Å². The molecular weight excluding hydrogens is 322 g/mol. The molecule has 1 unspecified atom stereocenters. The fourth-order valence-electron chi connectivity index (χ4n) is 2.45. The number of hydrogen-bond acceptors (Lipinski definition) is 5. The fourth-order valence-corrected chi connectivity index (χ4v) is 3.49. The molecule has 1 aromatic carbocycles. The van der Waals surface area contributed by atoms with Gasteiger partial charge in [0.05, 0.1) is 12.2 Å². The van der Waals surface area contributed by atoms with Crippen LogP contribution in [0.5, 0.6) is 5.75 Å². The van der Waals surface area contributed by atoms with Crippen LogP contribution in [0, 0.1) is 5.82 Å². The second kappa shape index (κ2) is 5.85. The van der Waals surface area contributed by atoms with Crippen LogP contribution in [0.3, 0.4) is 0 Å². The van der Waals surface area contributed by atoms with E-state index >= 15 is 0 Å². The molecule has 130 valence electrons. The van der Waals surface area contributed by atoms with E-state index < -0.39 is 25.8 Å². The lowest BCUT2D eigenvalue weighted by Gasteiger charge is -2.33. The van der Waals surface area contributed by atoms with Gasteiger partial charge in [0.25, 0.3) is 0 Å². The summed E-state index contributed by atoms with van der Waals surface area (Å²) in [5.41, 5.74) is 0.744. The molecule has 0 bridgehead atoms. The molecule has 23 heavy (non-hydrogen) atoms. The normalized spacial score (nSPS) is 21.7. The van der Waals surface area contributed by atoms with E-state index in [9.17, 15) is 8.96 Å². The second-order valence-corrected chi connectivity index (χ2v) is 9.26. The average molecular weight is 346 g/mol. The Kier molecular flexibility index (Phi) is 4.68. The summed E-state index contributed by atoms with van der Waals surface area (Å²) < 4.78 is 42.3. The number of fused-ring (bicyclic) bond motifs is 1. The minimum atomic E-state index is -3.93. The third-order valence-electron chi connectivity index (χ3n) is 3.71. The lowest BCUT2D eigenvalue weighted by molar-refractivity contribution is 0.0465. The number of halogens is 1. The molecule has 7 heteroatoms. The van der Waals surface area contributed by atoms with Gasteiger partial charge in [-0.3, -0.25) is 4.52 Å². The molecule has 1 aromatic rings. The molecule has 0 spiro atoms. The van der Waals surface area contributed by atoms with Crippen molar-refractivity contribution in [2.75, 3.05) is 6.79 Å². The van der Waals surface area contributed by atoms with Crippen LogP contribution in [0.2, 0.25) is 0 Å². The molecule has 1 heterocycles. The Morgan fingerprint density at radius 1 is 1.22 bits per heavy atom. The van der Waals surface area contributed by atoms with E-state index in [0.29, 0.717) is 5.56 Å². The van der Waals surface area contributed by atoms with Crippen molar-refractivity contribution < 1.29 is 27.6 Å². The van der Waals surface area contributed by atoms with Crippen LogP contribution in [-0.2, 0) is 31.0 Å². The van der Waals surface area contributed by atoms with E-state index in [4.69, 9.17) is 14.2 Å². The topological polar surface area (TPSA) is 65.0 Å². The molecule has 2 rings (SSSR count). The Balaban J connectivity index is 2.70. The summed E-state index contributed by atoms with van der Waals surface area (Å²) >= 11 is 0. The number of rotatable bonds is 2. The lowest BCUT2D eigenvalue weighted by Crippen LogP contribution is -2.23. The van der Waals surface area contributed by atoms with Crippen LogP contribution in [-0.4, -0.2) is 11.9 Å². The highest BCUT2D eigenvalue weighted by Crippen LogP contribution is 2.57. The quantitative estimate of drug-likeness (QED) is 0.635. The summed E-state index contributed by atoms with van der Waals surface area (Å²) in [5.74, 6) is -0.234. The Morgan fingerprint density at radius 3 is 2.26 bits per heavy atom. The van der Waals surface area contributed by atoms with Crippen molar-refractivity contribution in [3.05, 3.63) is 28.6 Å². The smallest absolute Gasteiger partial charge is 0.403 e. The number of benzene rings is 1. The Labute approximate surface area is 136 Å². The first-order valence-electron chi connectivity index (χ1n) is 7.45. The van der Waals surface area contributed by atoms with E-state index in [2.05, 4.69) is 4.52 Å². The van der Waals surface area contributed by atoms with Crippen molar-refractivity contribution in [1.82, 2.24) is 0 Å². The SMILES string of the molecule is CC(C)(C)c1cc(C(C)(C)C)c2c(c1F)COP(=O)(OCO)O2. The lowest BCUT2D eigenvalue weighted by atomic mass is 9.78. The van der Waals surface area contributed by atoms with Gasteiger partial charge in [0.15, 0.2) is 6.79 Å². The van der Waals surface area contributed by atoms with Crippen LogP contribution in [0.25, 0.3) is 0 Å². The molecule has 0 amide bonds. The number of aliphatic hydroxyl groups excluding tert-OH is 1. The van der Waals surface area contributed by atoms with E-state index in [-0.39, 0.29) is 23.3 Å². The highest BCUT2D eigenvalue weighted by atomic mass is 31.2. The Hall–Kier alpha value is -0.940. The Morgan fingerprint density at radius 2 is 1.78 bits per heavy atom. The number of aliphatic hydroxyl groups is 1. The predicted octanol–water partition coefficient (Wildman–Crippen LogP) is 4.40. The van der Waals surface area contributed by atoms with Crippen molar-refractivity contribution in [2.24, 2.45) is 0 Å². The Bertz CT molecular complexity index is 658. The van der Waals surface area contributed by atoms with Gasteiger partial charge in [-0.1, -0.05) is 41.5 Å². The summed E-state index contributed by atoms with van der Waals surface area (Å²) in [7, 11) is -3.93. The molecule has 0 fully saturated rings. The standard InChI is InChI=1S/C16H24FO5P/c1-15(2,3)11-7-12(16(4,5)6)14-10(13(11)17)8-20-23(19,22-14)21-9-18/h7,18H,8-9H2,1-6H3. The van der Waals surface area contributed by atoms with Crippen LogP contribution in [0.15, 0.2) is 6.07 Å². The van der Waals surface area contributed by atoms with Crippen molar-refractivity contribution in [1.29, 1.82) is 0 Å². The highest BCUT2D eigenvalue weighted by molar-refractivity contribution is 7.49. The maximum absolute atomic E-state index is 14.9. The van der Waals surface area contributed by atoms with Gasteiger partial charge < -0.3 is 9.63 Å². The van der Waals surface area contributed by atoms with Crippen molar-refractivity contribution in [3.8, 4) is 5.75 Å².